The highest BCUT2D eigenvalue weighted by atomic mass is 32.1. The average Bonchev–Trinajstić information content (AvgIpc) is 2.95. The molecule has 2 heterocycles. The van der Waals surface area contributed by atoms with Crippen molar-refractivity contribution in [1.29, 1.82) is 0 Å². The van der Waals surface area contributed by atoms with Crippen molar-refractivity contribution in [2.45, 2.75) is 26.8 Å². The van der Waals surface area contributed by atoms with Crippen LogP contribution in [0.1, 0.15) is 17.5 Å². The molecule has 0 unspecified atom stereocenters. The van der Waals surface area contributed by atoms with E-state index in [4.69, 9.17) is 5.11 Å². The number of nitrogens with one attached hydrogen (secondary N) is 2. The maximum Gasteiger partial charge on any atom is 0.325 e. The molecule has 2 aromatic heterocycles. The number of anilines is 2. The van der Waals surface area contributed by atoms with Gasteiger partial charge in [-0.05, 0) is 13.3 Å². The molecule has 0 atom stereocenters. The van der Waals surface area contributed by atoms with Crippen LogP contribution in [0.4, 0.5) is 15.6 Å². The molecule has 3 N–H and O–H groups in total. The quantitative estimate of drug-likeness (QED) is 0.782. The lowest BCUT2D eigenvalue weighted by molar-refractivity contribution is -0.137. The second-order valence-corrected chi connectivity index (χ2v) is 5.48. The Morgan fingerprint density at radius 2 is 2.19 bits per heavy atom. The lowest BCUT2D eigenvalue weighted by Crippen LogP contribution is -2.19. The number of carboxylic acid groups (broad SMARTS) is 1. The molecule has 2 rings (SSSR count). The van der Waals surface area contributed by atoms with Crippen molar-refractivity contribution in [3.8, 4) is 0 Å². The van der Waals surface area contributed by atoms with E-state index in [1.807, 2.05) is 13.8 Å². The summed E-state index contributed by atoms with van der Waals surface area (Å²) in [5, 5.41) is 18.2. The molecule has 21 heavy (non-hydrogen) atoms. The maximum atomic E-state index is 11.8. The highest BCUT2D eigenvalue weighted by Crippen LogP contribution is 2.22. The predicted octanol–water partition coefficient (Wildman–Crippen LogP) is 1.94. The monoisotopic (exact) mass is 309 g/mol. The molecule has 8 nitrogen and oxygen atoms in total. The van der Waals surface area contributed by atoms with Crippen LogP contribution in [-0.4, -0.2) is 31.9 Å². The van der Waals surface area contributed by atoms with Crippen molar-refractivity contribution in [1.82, 2.24) is 14.8 Å². The first kappa shape index (κ1) is 15.0. The largest absolute Gasteiger partial charge is 0.480 e. The summed E-state index contributed by atoms with van der Waals surface area (Å²) in [5.74, 6) is -1.00. The summed E-state index contributed by atoms with van der Waals surface area (Å²) in [4.78, 5) is 27.7. The van der Waals surface area contributed by atoms with Gasteiger partial charge in [0, 0.05) is 11.1 Å². The van der Waals surface area contributed by atoms with Crippen LogP contribution < -0.4 is 10.6 Å². The number of carbonyl (C=O) groups is 2. The Labute approximate surface area is 124 Å². The van der Waals surface area contributed by atoms with Crippen LogP contribution in [0.15, 0.2) is 12.4 Å². The molecular formula is C12H15N5O3S. The van der Waals surface area contributed by atoms with E-state index in [0.29, 0.717) is 10.8 Å². The number of hydrogen-bond acceptors (Lipinski definition) is 5. The van der Waals surface area contributed by atoms with Crippen LogP contribution >= 0.6 is 11.3 Å². The van der Waals surface area contributed by atoms with Crippen LogP contribution in [0, 0.1) is 6.92 Å². The summed E-state index contributed by atoms with van der Waals surface area (Å²) >= 11 is 1.41. The molecule has 0 aliphatic heterocycles. The minimum absolute atomic E-state index is 0.255. The van der Waals surface area contributed by atoms with Gasteiger partial charge in [-0.1, -0.05) is 6.92 Å². The molecule has 0 aliphatic rings. The Bertz CT molecular complexity index is 664. The molecule has 2 amide bonds. The Hall–Kier alpha value is -2.42. The second-order valence-electron chi connectivity index (χ2n) is 4.27. The summed E-state index contributed by atoms with van der Waals surface area (Å²) in [6.07, 6.45) is 3.64. The summed E-state index contributed by atoms with van der Waals surface area (Å²) < 4.78 is 1.22. The second kappa shape index (κ2) is 6.35. The molecule has 0 radical (unpaired) electrons. The summed E-state index contributed by atoms with van der Waals surface area (Å²) in [6.45, 7) is 3.70. The first-order valence-electron chi connectivity index (χ1n) is 6.26. The molecular weight excluding hydrogens is 294 g/mol. The minimum atomic E-state index is -1.00. The number of carbonyl (C=O) groups excluding carboxylic acids is 1. The topological polar surface area (TPSA) is 109 Å². The first-order chi connectivity index (χ1) is 9.97. The van der Waals surface area contributed by atoms with E-state index < -0.39 is 12.0 Å². The van der Waals surface area contributed by atoms with Gasteiger partial charge in [0.15, 0.2) is 5.13 Å². The molecule has 0 saturated carbocycles. The van der Waals surface area contributed by atoms with Crippen LogP contribution in [-0.2, 0) is 17.8 Å². The standard InChI is InChI=1S/C12H15N5O3S/c1-3-9-7(2)21-12(15-9)16-11(20)14-8-4-13-17(5-8)6-10(18)19/h4-5H,3,6H2,1-2H3,(H,18,19)(H2,14,15,16,20). The fourth-order valence-corrected chi connectivity index (χ4v) is 2.62. The molecule has 0 spiro atoms. The number of thiazole rings is 1. The predicted molar refractivity (Wildman–Crippen MR) is 78.7 cm³/mol. The first-order valence-corrected chi connectivity index (χ1v) is 7.08. The van der Waals surface area contributed by atoms with Crippen LogP contribution in [0.2, 0.25) is 0 Å². The van der Waals surface area contributed by atoms with Gasteiger partial charge < -0.3 is 10.4 Å². The number of hydrogen-bond donors (Lipinski definition) is 3. The number of amides is 2. The van der Waals surface area contributed by atoms with Gasteiger partial charge in [0.25, 0.3) is 0 Å². The van der Waals surface area contributed by atoms with Gasteiger partial charge in [0.05, 0.1) is 17.6 Å². The normalized spacial score (nSPS) is 10.4. The number of carboxylic acids is 1. The van der Waals surface area contributed by atoms with E-state index in [1.54, 1.807) is 0 Å². The van der Waals surface area contributed by atoms with Crippen LogP contribution in [0.5, 0.6) is 0 Å². The lowest BCUT2D eigenvalue weighted by atomic mass is 10.3. The minimum Gasteiger partial charge on any atom is -0.480 e. The van der Waals surface area contributed by atoms with Crippen molar-refractivity contribution in [3.05, 3.63) is 23.0 Å². The van der Waals surface area contributed by atoms with E-state index in [2.05, 4.69) is 20.7 Å². The van der Waals surface area contributed by atoms with E-state index >= 15 is 0 Å². The lowest BCUT2D eigenvalue weighted by Gasteiger charge is -2.02. The van der Waals surface area contributed by atoms with Crippen molar-refractivity contribution in [2.75, 3.05) is 10.6 Å². The maximum absolute atomic E-state index is 11.8. The summed E-state index contributed by atoms with van der Waals surface area (Å²) in [6, 6.07) is -0.443. The fourth-order valence-electron chi connectivity index (χ4n) is 1.72. The molecule has 2 aromatic rings. The third kappa shape index (κ3) is 4.02. The average molecular weight is 309 g/mol. The highest BCUT2D eigenvalue weighted by molar-refractivity contribution is 7.15. The fraction of sp³-hybridized carbons (Fsp3) is 0.333. The number of urea groups is 1. The van der Waals surface area contributed by atoms with Crippen molar-refractivity contribution < 1.29 is 14.7 Å². The molecule has 0 saturated heterocycles. The molecule has 0 fully saturated rings. The molecule has 112 valence electrons. The Morgan fingerprint density at radius 1 is 1.43 bits per heavy atom. The van der Waals surface area contributed by atoms with Gasteiger partial charge >= 0.3 is 12.0 Å². The number of aromatic nitrogens is 3. The highest BCUT2D eigenvalue weighted by Gasteiger charge is 2.10. The van der Waals surface area contributed by atoms with Crippen molar-refractivity contribution in [3.63, 3.8) is 0 Å². The summed E-state index contributed by atoms with van der Waals surface area (Å²) in [5.41, 5.74) is 1.38. The van der Waals surface area contributed by atoms with Gasteiger partial charge in [-0.15, -0.1) is 11.3 Å². The van der Waals surface area contributed by atoms with Gasteiger partial charge in [-0.3, -0.25) is 14.8 Å². The van der Waals surface area contributed by atoms with Crippen LogP contribution in [0.3, 0.4) is 0 Å². The Balaban J connectivity index is 1.94. The number of rotatable bonds is 5. The van der Waals surface area contributed by atoms with Crippen molar-refractivity contribution in [2.24, 2.45) is 0 Å². The number of aliphatic carboxylic acids is 1. The van der Waals surface area contributed by atoms with E-state index in [-0.39, 0.29) is 6.54 Å². The Morgan fingerprint density at radius 3 is 2.81 bits per heavy atom. The number of nitrogens with zero attached hydrogens (tertiary/aromatic N) is 3. The molecule has 0 aliphatic carbocycles. The molecule has 0 aromatic carbocycles. The summed E-state index contributed by atoms with van der Waals surface area (Å²) in [7, 11) is 0. The zero-order valence-electron chi connectivity index (χ0n) is 11.6. The van der Waals surface area contributed by atoms with Gasteiger partial charge in [-0.2, -0.15) is 5.10 Å². The number of aryl methyl sites for hydroxylation is 2. The molecule has 0 bridgehead atoms. The van der Waals surface area contributed by atoms with E-state index in [1.165, 1.54) is 28.4 Å². The smallest absolute Gasteiger partial charge is 0.325 e. The van der Waals surface area contributed by atoms with E-state index in [9.17, 15) is 9.59 Å². The van der Waals surface area contributed by atoms with E-state index in [0.717, 1.165) is 17.0 Å². The zero-order chi connectivity index (χ0) is 15.4. The molecule has 9 heteroatoms. The van der Waals surface area contributed by atoms with Gasteiger partial charge in [0.2, 0.25) is 0 Å². The Kier molecular flexibility index (Phi) is 4.53. The third-order valence-corrected chi connectivity index (χ3v) is 3.56. The third-order valence-electron chi connectivity index (χ3n) is 2.64. The van der Waals surface area contributed by atoms with Crippen molar-refractivity contribution >= 4 is 34.2 Å². The van der Waals surface area contributed by atoms with Gasteiger partial charge in [0.1, 0.15) is 6.54 Å². The SMILES string of the molecule is CCc1nc(NC(=O)Nc2cnn(CC(=O)O)c2)sc1C. The zero-order valence-corrected chi connectivity index (χ0v) is 12.4. The van der Waals surface area contributed by atoms with Crippen LogP contribution in [0.25, 0.3) is 0 Å². The van der Waals surface area contributed by atoms with Gasteiger partial charge in [-0.25, -0.2) is 9.78 Å².